The molecule has 2 saturated heterocycles. The van der Waals surface area contributed by atoms with Crippen LogP contribution in [0.15, 0.2) is 30.5 Å². The summed E-state index contributed by atoms with van der Waals surface area (Å²) in [5, 5.41) is 16.1. The standard InChI is InChI=1S/C21H24F3N5O3/c22-21(23,24)14-3-4-16(18(13-14)27-8-1-2-9-27)25-15-5-10-28(11-6-15)20(32)29-12-7-17(26-29)19(30)31/h3-4,7,12-13,15,25H,1-2,5-6,8-11H2,(H,30,31). The number of amides is 1. The fourth-order valence-electron chi connectivity index (χ4n) is 4.17. The van der Waals surface area contributed by atoms with Crippen LogP contribution >= 0.6 is 0 Å². The number of aromatic nitrogens is 2. The minimum atomic E-state index is -4.40. The van der Waals surface area contributed by atoms with Crippen molar-refractivity contribution < 1.29 is 27.9 Å². The molecule has 3 heterocycles. The molecule has 2 aliphatic heterocycles. The van der Waals surface area contributed by atoms with E-state index in [9.17, 15) is 22.8 Å². The van der Waals surface area contributed by atoms with Gasteiger partial charge in [-0.2, -0.15) is 23.0 Å². The van der Waals surface area contributed by atoms with Crippen molar-refractivity contribution in [3.63, 3.8) is 0 Å². The first-order valence-corrected chi connectivity index (χ1v) is 10.5. The molecule has 32 heavy (non-hydrogen) atoms. The number of aromatic carboxylic acids is 1. The first-order valence-electron chi connectivity index (χ1n) is 10.5. The van der Waals surface area contributed by atoms with E-state index in [1.54, 1.807) is 4.90 Å². The molecule has 2 aromatic rings. The Bertz CT molecular complexity index is 993. The molecule has 1 aromatic carbocycles. The van der Waals surface area contributed by atoms with E-state index in [0.717, 1.165) is 36.7 Å². The maximum Gasteiger partial charge on any atom is 0.416 e. The van der Waals surface area contributed by atoms with Crippen molar-refractivity contribution >= 4 is 23.4 Å². The maximum absolute atomic E-state index is 13.2. The Kier molecular flexibility index (Phi) is 5.98. The minimum Gasteiger partial charge on any atom is -0.476 e. The molecule has 2 N–H and O–H groups in total. The molecular formula is C21H24F3N5O3. The molecule has 2 aliphatic rings. The van der Waals surface area contributed by atoms with Crippen LogP contribution in [0.5, 0.6) is 0 Å². The van der Waals surface area contributed by atoms with Gasteiger partial charge in [-0.05, 0) is 49.9 Å². The molecule has 1 amide bonds. The van der Waals surface area contributed by atoms with Crippen LogP contribution in [0.3, 0.4) is 0 Å². The van der Waals surface area contributed by atoms with Gasteiger partial charge >= 0.3 is 18.2 Å². The Balaban J connectivity index is 1.42. The molecule has 0 radical (unpaired) electrons. The molecule has 8 nitrogen and oxygen atoms in total. The van der Waals surface area contributed by atoms with E-state index >= 15 is 0 Å². The summed E-state index contributed by atoms with van der Waals surface area (Å²) in [5.41, 5.74) is 0.369. The highest BCUT2D eigenvalue weighted by molar-refractivity contribution is 5.86. The second-order valence-corrected chi connectivity index (χ2v) is 8.06. The molecule has 172 valence electrons. The number of nitrogens with one attached hydrogen (secondary N) is 1. The number of piperidine rings is 1. The third-order valence-corrected chi connectivity index (χ3v) is 5.90. The van der Waals surface area contributed by atoms with Gasteiger partial charge in [0.1, 0.15) is 0 Å². The van der Waals surface area contributed by atoms with Crippen molar-refractivity contribution in [2.45, 2.75) is 37.9 Å². The number of carboxylic acid groups (broad SMARTS) is 1. The van der Waals surface area contributed by atoms with Crippen molar-refractivity contribution in [2.75, 3.05) is 36.4 Å². The number of alkyl halides is 3. The van der Waals surface area contributed by atoms with Gasteiger partial charge in [0.15, 0.2) is 5.69 Å². The lowest BCUT2D eigenvalue weighted by molar-refractivity contribution is -0.137. The van der Waals surface area contributed by atoms with Gasteiger partial charge in [0.2, 0.25) is 0 Å². The molecule has 1 aromatic heterocycles. The summed E-state index contributed by atoms with van der Waals surface area (Å²) in [7, 11) is 0. The second kappa shape index (κ2) is 8.71. The van der Waals surface area contributed by atoms with Crippen LogP contribution in [0, 0.1) is 0 Å². The Morgan fingerprint density at radius 1 is 1.06 bits per heavy atom. The number of hydrogen-bond acceptors (Lipinski definition) is 5. The average Bonchev–Trinajstić information content (AvgIpc) is 3.46. The van der Waals surface area contributed by atoms with E-state index in [1.807, 2.05) is 4.90 Å². The van der Waals surface area contributed by atoms with E-state index in [0.29, 0.717) is 37.3 Å². The molecule has 0 aliphatic carbocycles. The number of benzene rings is 1. The second-order valence-electron chi connectivity index (χ2n) is 8.06. The van der Waals surface area contributed by atoms with Gasteiger partial charge in [-0.3, -0.25) is 0 Å². The fourth-order valence-corrected chi connectivity index (χ4v) is 4.17. The van der Waals surface area contributed by atoms with Gasteiger partial charge in [0.25, 0.3) is 0 Å². The van der Waals surface area contributed by atoms with Crippen LogP contribution in [-0.2, 0) is 6.18 Å². The number of anilines is 2. The average molecular weight is 451 g/mol. The normalized spacial score (nSPS) is 17.6. The van der Waals surface area contributed by atoms with Crippen LogP contribution in [0.1, 0.15) is 41.7 Å². The molecule has 0 atom stereocenters. The van der Waals surface area contributed by atoms with Crippen LogP contribution in [-0.4, -0.2) is 64.0 Å². The topological polar surface area (TPSA) is 90.7 Å². The zero-order valence-electron chi connectivity index (χ0n) is 17.3. The Hall–Kier alpha value is -3.24. The number of rotatable bonds is 4. The molecular weight excluding hydrogens is 427 g/mol. The quantitative estimate of drug-likeness (QED) is 0.736. The SMILES string of the molecule is O=C(O)c1ccn(C(=O)N2CCC(Nc3ccc(C(F)(F)F)cc3N3CCCC3)CC2)n1. The van der Waals surface area contributed by atoms with Crippen LogP contribution in [0.25, 0.3) is 0 Å². The number of hydrogen-bond donors (Lipinski definition) is 2. The van der Waals surface area contributed by atoms with Crippen molar-refractivity contribution in [1.82, 2.24) is 14.7 Å². The summed E-state index contributed by atoms with van der Waals surface area (Å²) in [5.74, 6) is -1.20. The van der Waals surface area contributed by atoms with Crippen molar-refractivity contribution in [2.24, 2.45) is 0 Å². The summed E-state index contributed by atoms with van der Waals surface area (Å²) < 4.78 is 40.7. The summed E-state index contributed by atoms with van der Waals surface area (Å²) >= 11 is 0. The lowest BCUT2D eigenvalue weighted by atomic mass is 10.0. The van der Waals surface area contributed by atoms with E-state index in [4.69, 9.17) is 5.11 Å². The highest BCUT2D eigenvalue weighted by atomic mass is 19.4. The number of carbonyl (C=O) groups excluding carboxylic acids is 1. The monoisotopic (exact) mass is 451 g/mol. The molecule has 4 rings (SSSR count). The number of carboxylic acids is 1. The van der Waals surface area contributed by atoms with Crippen molar-refractivity contribution in [3.05, 3.63) is 41.7 Å². The summed E-state index contributed by atoms with van der Waals surface area (Å²) in [6, 6.07) is 4.67. The van der Waals surface area contributed by atoms with Gasteiger partial charge in [-0.15, -0.1) is 0 Å². The Morgan fingerprint density at radius 3 is 2.34 bits per heavy atom. The van der Waals surface area contributed by atoms with Gasteiger partial charge in [-0.25, -0.2) is 9.59 Å². The van der Waals surface area contributed by atoms with Crippen LogP contribution in [0.4, 0.5) is 29.3 Å². The number of nitrogens with zero attached hydrogens (tertiary/aromatic N) is 4. The summed E-state index contributed by atoms with van der Waals surface area (Å²) in [6.45, 7) is 2.31. The molecule has 11 heteroatoms. The summed E-state index contributed by atoms with van der Waals surface area (Å²) in [6.07, 6.45) is 0.0469. The van der Waals surface area contributed by atoms with Crippen molar-refractivity contribution in [3.8, 4) is 0 Å². The van der Waals surface area contributed by atoms with E-state index in [2.05, 4.69) is 10.4 Å². The third-order valence-electron chi connectivity index (χ3n) is 5.90. The molecule has 0 bridgehead atoms. The number of carbonyl (C=O) groups is 2. The third kappa shape index (κ3) is 4.66. The number of halogens is 3. The molecule has 2 fully saturated rings. The van der Waals surface area contributed by atoms with Crippen LogP contribution < -0.4 is 10.2 Å². The molecule has 0 saturated carbocycles. The van der Waals surface area contributed by atoms with Crippen molar-refractivity contribution in [1.29, 1.82) is 0 Å². The van der Waals surface area contributed by atoms with E-state index < -0.39 is 23.7 Å². The lowest BCUT2D eigenvalue weighted by Gasteiger charge is -2.33. The summed E-state index contributed by atoms with van der Waals surface area (Å²) in [4.78, 5) is 27.1. The number of likely N-dealkylation sites (tertiary alicyclic amines) is 1. The maximum atomic E-state index is 13.2. The van der Waals surface area contributed by atoms with Gasteiger partial charge in [0.05, 0.1) is 16.9 Å². The highest BCUT2D eigenvalue weighted by Crippen LogP contribution is 2.37. The first-order chi connectivity index (χ1) is 15.2. The Morgan fingerprint density at radius 2 is 1.75 bits per heavy atom. The minimum absolute atomic E-state index is 0.00402. The zero-order chi connectivity index (χ0) is 22.9. The predicted octanol–water partition coefficient (Wildman–Crippen LogP) is 3.74. The lowest BCUT2D eigenvalue weighted by Crippen LogP contribution is -2.44. The fraction of sp³-hybridized carbons (Fsp3) is 0.476. The smallest absolute Gasteiger partial charge is 0.416 e. The largest absolute Gasteiger partial charge is 0.476 e. The molecule has 0 unspecified atom stereocenters. The van der Waals surface area contributed by atoms with Gasteiger partial charge < -0.3 is 20.2 Å². The Labute approximate surface area is 182 Å². The van der Waals surface area contributed by atoms with Gasteiger partial charge in [0, 0.05) is 38.4 Å². The van der Waals surface area contributed by atoms with Crippen LogP contribution in [0.2, 0.25) is 0 Å². The van der Waals surface area contributed by atoms with Gasteiger partial charge in [-0.1, -0.05) is 0 Å². The predicted molar refractivity (Wildman–Crippen MR) is 111 cm³/mol. The van der Waals surface area contributed by atoms with E-state index in [-0.39, 0.29) is 11.7 Å². The zero-order valence-corrected chi connectivity index (χ0v) is 17.3. The molecule has 0 spiro atoms. The van der Waals surface area contributed by atoms with E-state index in [1.165, 1.54) is 24.4 Å². The first kappa shape index (κ1) is 22.0. The highest BCUT2D eigenvalue weighted by Gasteiger charge is 2.32.